The van der Waals surface area contributed by atoms with Gasteiger partial charge in [-0.1, -0.05) is 36.7 Å². The zero-order valence-electron chi connectivity index (χ0n) is 20.2. The number of nitrogens with zero attached hydrogens (tertiary/aromatic N) is 1. The maximum atomic E-state index is 13.7. The summed E-state index contributed by atoms with van der Waals surface area (Å²) in [6, 6.07) is 3.78. The van der Waals surface area contributed by atoms with Crippen LogP contribution in [0.2, 0.25) is 18.1 Å². The second kappa shape index (κ2) is 8.51. The molecule has 1 saturated heterocycles. The van der Waals surface area contributed by atoms with Gasteiger partial charge in [-0.05, 0) is 55.3 Å². The monoisotopic (exact) mass is 524 g/mol. The van der Waals surface area contributed by atoms with Crippen LogP contribution in [0.1, 0.15) is 56.8 Å². The summed E-state index contributed by atoms with van der Waals surface area (Å²) in [5.41, 5.74) is 1.70. The Labute approximate surface area is 201 Å². The second-order valence-electron chi connectivity index (χ2n) is 11.1. The van der Waals surface area contributed by atoms with Crippen LogP contribution in [-0.2, 0) is 4.43 Å². The molecule has 6 nitrogen and oxygen atoms in total. The minimum atomic E-state index is -2.06. The van der Waals surface area contributed by atoms with Gasteiger partial charge < -0.3 is 24.1 Å². The van der Waals surface area contributed by atoms with Crippen LogP contribution in [0.5, 0.6) is 11.5 Å². The SMILES string of the molecule is COc1cc2c(cc1OCCCBr)NC(O[Si](C)(C)C(C)(C)C)[C@@H]1CC3(CC3)CN1C2=O. The maximum absolute atomic E-state index is 13.7. The van der Waals surface area contributed by atoms with E-state index in [0.29, 0.717) is 23.7 Å². The minimum absolute atomic E-state index is 0.0373. The van der Waals surface area contributed by atoms with Gasteiger partial charge in [-0.15, -0.1) is 0 Å². The first-order valence-corrected chi connectivity index (χ1v) is 15.7. The average Bonchev–Trinajstić information content (AvgIpc) is 3.37. The van der Waals surface area contributed by atoms with Crippen molar-refractivity contribution in [2.45, 2.75) is 76.9 Å². The number of nitrogens with one attached hydrogen (secondary N) is 1. The van der Waals surface area contributed by atoms with Crippen LogP contribution in [0.4, 0.5) is 5.69 Å². The largest absolute Gasteiger partial charge is 0.493 e. The van der Waals surface area contributed by atoms with Crippen LogP contribution < -0.4 is 14.8 Å². The number of anilines is 1. The lowest BCUT2D eigenvalue weighted by Crippen LogP contribution is -2.52. The number of alkyl halides is 1. The quantitative estimate of drug-likeness (QED) is 0.284. The Bertz CT molecular complexity index is 881. The van der Waals surface area contributed by atoms with Crippen LogP contribution in [0, 0.1) is 5.41 Å². The van der Waals surface area contributed by atoms with E-state index in [9.17, 15) is 4.79 Å². The molecule has 0 aromatic heterocycles. The minimum Gasteiger partial charge on any atom is -0.493 e. The van der Waals surface area contributed by atoms with E-state index in [1.807, 2.05) is 12.1 Å². The molecule has 1 saturated carbocycles. The summed E-state index contributed by atoms with van der Waals surface area (Å²) in [6.07, 6.45) is 4.07. The van der Waals surface area contributed by atoms with Gasteiger partial charge in [0.15, 0.2) is 19.8 Å². The van der Waals surface area contributed by atoms with Crippen molar-refractivity contribution in [3.05, 3.63) is 17.7 Å². The summed E-state index contributed by atoms with van der Waals surface area (Å²) in [6.45, 7) is 12.7. The number of halogens is 1. The van der Waals surface area contributed by atoms with Crippen LogP contribution in [0.25, 0.3) is 0 Å². The number of ether oxygens (including phenoxy) is 2. The normalized spacial score (nSPS) is 24.0. The molecular weight excluding hydrogens is 488 g/mol. The lowest BCUT2D eigenvalue weighted by atomic mass is 10.0. The number of amides is 1. The zero-order valence-corrected chi connectivity index (χ0v) is 22.8. The molecule has 1 spiro atoms. The Kier molecular flexibility index (Phi) is 6.35. The standard InChI is InChI=1S/C24H37BrN2O4Si/c1-23(2,3)32(5,6)31-21-18-14-24(8-9-24)15-27(18)22(28)16-12-19(29-4)20(13-17(16)26-21)30-11-7-10-25/h12-13,18,21,26H,7-11,14-15H2,1-6H3/t18-,21?/m0/s1. The van der Waals surface area contributed by atoms with E-state index in [0.717, 1.165) is 30.4 Å². The van der Waals surface area contributed by atoms with Crippen LogP contribution >= 0.6 is 15.9 Å². The van der Waals surface area contributed by atoms with E-state index >= 15 is 0 Å². The molecule has 0 radical (unpaired) electrons. The van der Waals surface area contributed by atoms with Crippen molar-refractivity contribution in [3.63, 3.8) is 0 Å². The second-order valence-corrected chi connectivity index (χ2v) is 16.6. The van der Waals surface area contributed by atoms with E-state index in [1.54, 1.807) is 7.11 Å². The molecule has 4 rings (SSSR count). The van der Waals surface area contributed by atoms with Gasteiger partial charge >= 0.3 is 0 Å². The molecule has 2 heterocycles. The van der Waals surface area contributed by atoms with Gasteiger partial charge in [-0.3, -0.25) is 4.79 Å². The Morgan fingerprint density at radius 3 is 2.56 bits per heavy atom. The first-order valence-electron chi connectivity index (χ1n) is 11.7. The molecule has 1 amide bonds. The molecule has 1 aliphatic carbocycles. The Hall–Kier alpha value is -1.25. The molecule has 2 atom stereocenters. The molecule has 3 aliphatic rings. The molecular formula is C24H37BrN2O4Si. The summed E-state index contributed by atoms with van der Waals surface area (Å²) < 4.78 is 18.5. The van der Waals surface area contributed by atoms with Gasteiger partial charge in [0.05, 0.1) is 31.0 Å². The van der Waals surface area contributed by atoms with E-state index in [-0.39, 0.29) is 28.6 Å². The predicted molar refractivity (Wildman–Crippen MR) is 134 cm³/mol. The summed E-state index contributed by atoms with van der Waals surface area (Å²) in [5.74, 6) is 1.31. The number of hydrogen-bond donors (Lipinski definition) is 1. The fourth-order valence-electron chi connectivity index (χ4n) is 4.50. The highest BCUT2D eigenvalue weighted by atomic mass is 79.9. The van der Waals surface area contributed by atoms with Crippen molar-refractivity contribution in [2.24, 2.45) is 5.41 Å². The lowest BCUT2D eigenvalue weighted by molar-refractivity contribution is 0.0600. The van der Waals surface area contributed by atoms with Crippen molar-refractivity contribution in [3.8, 4) is 11.5 Å². The summed E-state index contributed by atoms with van der Waals surface area (Å²) in [7, 11) is -0.443. The number of carbonyl (C=O) groups is 1. The summed E-state index contributed by atoms with van der Waals surface area (Å²) in [5, 5.41) is 4.60. The number of methoxy groups -OCH3 is 1. The summed E-state index contributed by atoms with van der Waals surface area (Å²) >= 11 is 3.44. The van der Waals surface area contributed by atoms with Crippen LogP contribution in [-0.4, -0.2) is 57.0 Å². The van der Waals surface area contributed by atoms with Gasteiger partial charge in [-0.2, -0.15) is 0 Å². The van der Waals surface area contributed by atoms with Gasteiger partial charge in [0, 0.05) is 17.9 Å². The highest BCUT2D eigenvalue weighted by Gasteiger charge is 2.57. The van der Waals surface area contributed by atoms with Gasteiger partial charge in [0.1, 0.15) is 6.23 Å². The Morgan fingerprint density at radius 1 is 1.25 bits per heavy atom. The van der Waals surface area contributed by atoms with Crippen molar-refractivity contribution in [1.29, 1.82) is 0 Å². The summed E-state index contributed by atoms with van der Waals surface area (Å²) in [4.78, 5) is 15.8. The van der Waals surface area contributed by atoms with Crippen molar-refractivity contribution in [1.82, 2.24) is 4.90 Å². The highest BCUT2D eigenvalue weighted by Crippen LogP contribution is 2.57. The first kappa shape index (κ1) is 23.9. The van der Waals surface area contributed by atoms with Crippen LogP contribution in [0.3, 0.4) is 0 Å². The molecule has 178 valence electrons. The molecule has 2 fully saturated rings. The van der Waals surface area contributed by atoms with Crippen molar-refractivity contribution < 1.29 is 18.7 Å². The third-order valence-corrected chi connectivity index (χ3v) is 12.7. The van der Waals surface area contributed by atoms with Crippen molar-refractivity contribution in [2.75, 3.05) is 30.9 Å². The highest BCUT2D eigenvalue weighted by molar-refractivity contribution is 9.09. The fraction of sp³-hybridized carbons (Fsp3) is 0.708. The molecule has 8 heteroatoms. The van der Waals surface area contributed by atoms with Gasteiger partial charge in [0.25, 0.3) is 5.91 Å². The van der Waals surface area contributed by atoms with E-state index in [1.165, 1.54) is 12.8 Å². The topological polar surface area (TPSA) is 60.0 Å². The lowest BCUT2D eigenvalue weighted by Gasteiger charge is -2.41. The predicted octanol–water partition coefficient (Wildman–Crippen LogP) is 5.63. The molecule has 2 aliphatic heterocycles. The Morgan fingerprint density at radius 2 is 1.97 bits per heavy atom. The van der Waals surface area contributed by atoms with E-state index in [4.69, 9.17) is 13.9 Å². The third kappa shape index (κ3) is 4.42. The molecule has 32 heavy (non-hydrogen) atoms. The molecule has 1 aromatic carbocycles. The van der Waals surface area contributed by atoms with E-state index in [2.05, 4.69) is 60.0 Å². The number of carbonyl (C=O) groups excluding carboxylic acids is 1. The van der Waals surface area contributed by atoms with Gasteiger partial charge in [0.2, 0.25) is 0 Å². The smallest absolute Gasteiger partial charge is 0.256 e. The first-order chi connectivity index (χ1) is 15.0. The van der Waals surface area contributed by atoms with Crippen molar-refractivity contribution >= 4 is 35.8 Å². The Balaban J connectivity index is 1.72. The molecule has 0 bridgehead atoms. The van der Waals surface area contributed by atoms with Crippen LogP contribution in [0.15, 0.2) is 12.1 Å². The van der Waals surface area contributed by atoms with Gasteiger partial charge in [-0.25, -0.2) is 0 Å². The molecule has 1 aromatic rings. The maximum Gasteiger partial charge on any atom is 0.256 e. The van der Waals surface area contributed by atoms with E-state index < -0.39 is 8.32 Å². The average molecular weight is 526 g/mol. The third-order valence-electron chi connectivity index (χ3n) is 7.71. The number of hydrogen-bond acceptors (Lipinski definition) is 5. The fourth-order valence-corrected chi connectivity index (χ4v) is 5.93. The molecule has 1 unspecified atom stereocenters. The molecule has 1 N–H and O–H groups in total. The number of benzene rings is 1. The zero-order chi connectivity index (χ0) is 23.3. The number of fused-ring (bicyclic) bond motifs is 2. The number of rotatable bonds is 7.